The van der Waals surface area contributed by atoms with Crippen LogP contribution in [0.4, 0.5) is 5.82 Å². The van der Waals surface area contributed by atoms with Gasteiger partial charge in [-0.15, -0.1) is 0 Å². The molecule has 2 aromatic heterocycles. The van der Waals surface area contributed by atoms with E-state index in [0.29, 0.717) is 48.8 Å². The van der Waals surface area contributed by atoms with Gasteiger partial charge in [-0.05, 0) is 50.0 Å². The third-order valence-corrected chi connectivity index (χ3v) is 6.29. The fourth-order valence-corrected chi connectivity index (χ4v) is 4.88. The average Bonchev–Trinajstić information content (AvgIpc) is 3.31. The van der Waals surface area contributed by atoms with Crippen LogP contribution in [-0.4, -0.2) is 60.9 Å². The van der Waals surface area contributed by atoms with E-state index in [-0.39, 0.29) is 11.9 Å². The number of hydrogen-bond donors (Lipinski definition) is 2. The summed E-state index contributed by atoms with van der Waals surface area (Å²) in [6.45, 7) is 8.45. The number of rotatable bonds is 6. The maximum Gasteiger partial charge on any atom is 0.272 e. The van der Waals surface area contributed by atoms with Crippen molar-refractivity contribution >= 4 is 11.7 Å². The molecule has 8 heteroatoms. The minimum atomic E-state index is -0.456. The Hall–Kier alpha value is -2.48. The van der Waals surface area contributed by atoms with Gasteiger partial charge in [-0.1, -0.05) is 13.8 Å². The summed E-state index contributed by atoms with van der Waals surface area (Å²) in [5.74, 6) is 1.94. The van der Waals surface area contributed by atoms with Crippen LogP contribution in [0.2, 0.25) is 0 Å². The lowest BCUT2D eigenvalue weighted by atomic mass is 9.77. The Labute approximate surface area is 177 Å². The van der Waals surface area contributed by atoms with Crippen LogP contribution in [0.15, 0.2) is 24.7 Å². The molecule has 162 valence electrons. The van der Waals surface area contributed by atoms with Crippen LogP contribution >= 0.6 is 0 Å². The third kappa shape index (κ3) is 4.33. The summed E-state index contributed by atoms with van der Waals surface area (Å²) in [4.78, 5) is 23.6. The minimum absolute atomic E-state index is 0.0571. The molecule has 4 rings (SSSR count). The molecule has 0 aromatic carbocycles. The minimum Gasteiger partial charge on any atom is -0.391 e. The fourth-order valence-electron chi connectivity index (χ4n) is 4.88. The van der Waals surface area contributed by atoms with Crippen molar-refractivity contribution in [3.05, 3.63) is 36.0 Å². The van der Waals surface area contributed by atoms with Gasteiger partial charge in [-0.2, -0.15) is 5.10 Å². The van der Waals surface area contributed by atoms with E-state index in [1.54, 1.807) is 18.6 Å². The topological polar surface area (TPSA) is 96.2 Å². The number of aryl methyl sites for hydroxylation is 1. The van der Waals surface area contributed by atoms with Crippen LogP contribution in [0.5, 0.6) is 0 Å². The van der Waals surface area contributed by atoms with Crippen LogP contribution in [0.1, 0.15) is 49.8 Å². The van der Waals surface area contributed by atoms with Crippen molar-refractivity contribution in [1.29, 1.82) is 0 Å². The molecule has 1 aliphatic carbocycles. The van der Waals surface area contributed by atoms with Crippen molar-refractivity contribution in [2.45, 2.75) is 58.7 Å². The smallest absolute Gasteiger partial charge is 0.272 e. The number of nitrogens with one attached hydrogen (secondary N) is 1. The Morgan fingerprint density at radius 1 is 1.27 bits per heavy atom. The number of nitrogens with zero attached hydrogens (tertiary/aromatic N) is 5. The fraction of sp³-hybridized carbons (Fsp3) is 0.636. The maximum absolute atomic E-state index is 13.3. The first-order chi connectivity index (χ1) is 14.4. The number of fused-ring (bicyclic) bond motifs is 1. The standard InChI is InChI=1S/C22H32N6O2/c1-4-28-19(10-17(26-28)7-14(2)3)22(30)27-12-15-8-18(20(29)9-16(15)13-27)25-21-11-23-5-6-24-21/h5-6,10-11,14-16,18,20,29H,4,7-9,12-13H2,1-3H3,(H,24,25)/t15-,16+,18-,20-/m1/s1. The Morgan fingerprint density at radius 2 is 2.03 bits per heavy atom. The summed E-state index contributed by atoms with van der Waals surface area (Å²) in [5.41, 5.74) is 1.66. The van der Waals surface area contributed by atoms with E-state index in [1.165, 1.54) is 0 Å². The molecule has 0 bridgehead atoms. The molecule has 0 spiro atoms. The first kappa shape index (κ1) is 20.8. The number of aliphatic hydroxyl groups is 1. The van der Waals surface area contributed by atoms with Gasteiger partial charge in [0.15, 0.2) is 0 Å². The monoisotopic (exact) mass is 412 g/mol. The molecule has 0 radical (unpaired) electrons. The van der Waals surface area contributed by atoms with Crippen molar-refractivity contribution in [3.63, 3.8) is 0 Å². The van der Waals surface area contributed by atoms with E-state index in [2.05, 4.69) is 34.2 Å². The zero-order chi connectivity index (χ0) is 21.3. The molecule has 0 unspecified atom stereocenters. The second-order valence-corrected chi connectivity index (χ2v) is 9.05. The van der Waals surface area contributed by atoms with E-state index in [9.17, 15) is 9.90 Å². The van der Waals surface area contributed by atoms with E-state index in [1.807, 2.05) is 22.6 Å². The molecular formula is C22H32N6O2. The second-order valence-electron chi connectivity index (χ2n) is 9.05. The number of aromatic nitrogens is 4. The summed E-state index contributed by atoms with van der Waals surface area (Å²) in [5, 5.41) is 18.6. The molecule has 30 heavy (non-hydrogen) atoms. The Bertz CT molecular complexity index is 868. The molecule has 2 fully saturated rings. The average molecular weight is 413 g/mol. The van der Waals surface area contributed by atoms with Crippen LogP contribution in [0, 0.1) is 17.8 Å². The number of carbonyl (C=O) groups excluding carboxylic acids is 1. The first-order valence-electron chi connectivity index (χ1n) is 11.0. The number of hydrogen-bond acceptors (Lipinski definition) is 6. The first-order valence-corrected chi connectivity index (χ1v) is 11.0. The van der Waals surface area contributed by atoms with Crippen LogP contribution in [0.25, 0.3) is 0 Å². The summed E-state index contributed by atoms with van der Waals surface area (Å²) < 4.78 is 1.83. The van der Waals surface area contributed by atoms with Crippen molar-refractivity contribution in [1.82, 2.24) is 24.6 Å². The van der Waals surface area contributed by atoms with Gasteiger partial charge in [0.05, 0.1) is 24.0 Å². The predicted octanol–water partition coefficient (Wildman–Crippen LogP) is 2.22. The zero-order valence-electron chi connectivity index (χ0n) is 18.0. The van der Waals surface area contributed by atoms with Crippen LogP contribution in [0.3, 0.4) is 0 Å². The lowest BCUT2D eigenvalue weighted by Gasteiger charge is -2.35. The quantitative estimate of drug-likeness (QED) is 0.755. The molecule has 1 amide bonds. The van der Waals surface area contributed by atoms with Gasteiger partial charge in [-0.25, -0.2) is 4.98 Å². The SMILES string of the molecule is CCn1nc(CC(C)C)cc1C(=O)N1C[C@H]2C[C@@H](Nc3cnccn3)[C@H](O)C[C@H]2C1. The molecule has 4 atom stereocenters. The van der Waals surface area contributed by atoms with Crippen LogP contribution < -0.4 is 5.32 Å². The van der Waals surface area contributed by atoms with Gasteiger partial charge >= 0.3 is 0 Å². The Morgan fingerprint density at radius 3 is 2.70 bits per heavy atom. The van der Waals surface area contributed by atoms with Gasteiger partial charge in [-0.3, -0.25) is 14.5 Å². The van der Waals surface area contributed by atoms with E-state index >= 15 is 0 Å². The largest absolute Gasteiger partial charge is 0.391 e. The normalized spacial score (nSPS) is 26.1. The molecule has 1 saturated heterocycles. The molecule has 2 N–H and O–H groups in total. The highest BCUT2D eigenvalue weighted by Gasteiger charge is 2.43. The summed E-state index contributed by atoms with van der Waals surface area (Å²) in [6.07, 6.45) is 6.87. The lowest BCUT2D eigenvalue weighted by Crippen LogP contribution is -2.43. The highest BCUT2D eigenvalue weighted by Crippen LogP contribution is 2.38. The number of amides is 1. The summed E-state index contributed by atoms with van der Waals surface area (Å²) in [6, 6.07) is 1.89. The van der Waals surface area contributed by atoms with E-state index < -0.39 is 6.10 Å². The molecular weight excluding hydrogens is 380 g/mol. The van der Waals surface area contributed by atoms with Crippen molar-refractivity contribution in [2.75, 3.05) is 18.4 Å². The highest BCUT2D eigenvalue weighted by atomic mass is 16.3. The van der Waals surface area contributed by atoms with Crippen molar-refractivity contribution < 1.29 is 9.90 Å². The van der Waals surface area contributed by atoms with Gasteiger partial charge < -0.3 is 15.3 Å². The highest BCUT2D eigenvalue weighted by molar-refractivity contribution is 5.93. The Balaban J connectivity index is 1.44. The number of likely N-dealkylation sites (tertiary alicyclic amines) is 1. The zero-order valence-corrected chi connectivity index (χ0v) is 18.0. The molecule has 8 nitrogen and oxygen atoms in total. The van der Waals surface area contributed by atoms with Gasteiger partial charge in [0, 0.05) is 32.0 Å². The number of aliphatic hydroxyl groups excluding tert-OH is 1. The molecule has 1 saturated carbocycles. The van der Waals surface area contributed by atoms with Gasteiger partial charge in [0.2, 0.25) is 0 Å². The van der Waals surface area contributed by atoms with Gasteiger partial charge in [0.25, 0.3) is 5.91 Å². The van der Waals surface area contributed by atoms with Gasteiger partial charge in [0.1, 0.15) is 11.5 Å². The van der Waals surface area contributed by atoms with Crippen LogP contribution in [-0.2, 0) is 13.0 Å². The van der Waals surface area contributed by atoms with E-state index in [4.69, 9.17) is 0 Å². The molecule has 2 aliphatic rings. The predicted molar refractivity (Wildman–Crippen MR) is 114 cm³/mol. The van der Waals surface area contributed by atoms with Crippen molar-refractivity contribution in [2.24, 2.45) is 17.8 Å². The third-order valence-electron chi connectivity index (χ3n) is 6.29. The molecule has 2 aromatic rings. The summed E-state index contributed by atoms with van der Waals surface area (Å²) in [7, 11) is 0. The Kier molecular flexibility index (Phi) is 6.04. The molecule has 1 aliphatic heterocycles. The second kappa shape index (κ2) is 8.71. The maximum atomic E-state index is 13.3. The summed E-state index contributed by atoms with van der Waals surface area (Å²) >= 11 is 0. The lowest BCUT2D eigenvalue weighted by molar-refractivity contribution is 0.0725. The number of carbonyl (C=O) groups is 1. The van der Waals surface area contributed by atoms with Crippen molar-refractivity contribution in [3.8, 4) is 0 Å². The van der Waals surface area contributed by atoms with E-state index in [0.717, 1.165) is 25.1 Å². The number of anilines is 1. The molecule has 3 heterocycles.